The standard InChI is InChI=1S/C14H17BrO2/c1-16-9-17-11-7-10-3-6-14(4-2-5-14)13(10)12(15)8-11/h7-8H,2-6,9H2,1H3. The molecule has 2 nitrogen and oxygen atoms in total. The molecule has 1 aromatic rings. The Morgan fingerprint density at radius 1 is 1.29 bits per heavy atom. The Balaban J connectivity index is 1.94. The normalized spacial score (nSPS) is 20.1. The highest BCUT2D eigenvalue weighted by Gasteiger charge is 2.44. The maximum Gasteiger partial charge on any atom is 0.188 e. The number of ether oxygens (including phenoxy) is 2. The van der Waals surface area contributed by atoms with E-state index in [2.05, 4.69) is 28.1 Å². The summed E-state index contributed by atoms with van der Waals surface area (Å²) in [4.78, 5) is 0. The van der Waals surface area contributed by atoms with Gasteiger partial charge in [-0.15, -0.1) is 0 Å². The molecule has 0 aliphatic heterocycles. The predicted octanol–water partition coefficient (Wildman–Crippen LogP) is 3.80. The zero-order valence-corrected chi connectivity index (χ0v) is 11.7. The zero-order chi connectivity index (χ0) is 11.9. The Kier molecular flexibility index (Phi) is 2.91. The molecule has 1 fully saturated rings. The Morgan fingerprint density at radius 3 is 2.76 bits per heavy atom. The number of hydrogen-bond donors (Lipinski definition) is 0. The number of halogens is 1. The quantitative estimate of drug-likeness (QED) is 0.790. The van der Waals surface area contributed by atoms with Gasteiger partial charge in [0, 0.05) is 11.6 Å². The first-order chi connectivity index (χ1) is 8.25. The van der Waals surface area contributed by atoms with Gasteiger partial charge in [0.25, 0.3) is 0 Å². The fourth-order valence-electron chi connectivity index (χ4n) is 3.24. The van der Waals surface area contributed by atoms with Gasteiger partial charge >= 0.3 is 0 Å². The molecule has 0 bridgehead atoms. The van der Waals surface area contributed by atoms with Crippen LogP contribution < -0.4 is 4.74 Å². The van der Waals surface area contributed by atoms with Crippen molar-refractivity contribution in [3.05, 3.63) is 27.7 Å². The van der Waals surface area contributed by atoms with Crippen molar-refractivity contribution in [3.8, 4) is 5.75 Å². The molecule has 0 heterocycles. The van der Waals surface area contributed by atoms with E-state index < -0.39 is 0 Å². The predicted molar refractivity (Wildman–Crippen MR) is 70.5 cm³/mol. The fourth-order valence-corrected chi connectivity index (χ4v) is 4.14. The van der Waals surface area contributed by atoms with Gasteiger partial charge in [-0.3, -0.25) is 0 Å². The van der Waals surface area contributed by atoms with Gasteiger partial charge in [0.2, 0.25) is 0 Å². The largest absolute Gasteiger partial charge is 0.468 e. The van der Waals surface area contributed by atoms with Crippen LogP contribution in [0.15, 0.2) is 16.6 Å². The zero-order valence-electron chi connectivity index (χ0n) is 10.1. The maximum absolute atomic E-state index is 5.53. The van der Waals surface area contributed by atoms with Crippen molar-refractivity contribution < 1.29 is 9.47 Å². The van der Waals surface area contributed by atoms with Crippen LogP contribution in [0.2, 0.25) is 0 Å². The van der Waals surface area contributed by atoms with E-state index in [-0.39, 0.29) is 0 Å². The van der Waals surface area contributed by atoms with Gasteiger partial charge < -0.3 is 9.47 Å². The molecular formula is C14H17BrO2. The second-order valence-electron chi connectivity index (χ2n) is 5.12. The minimum atomic E-state index is 0.316. The molecule has 0 saturated heterocycles. The lowest BCUT2D eigenvalue weighted by molar-refractivity contribution is 0.0510. The third-order valence-corrected chi connectivity index (χ3v) is 4.83. The topological polar surface area (TPSA) is 18.5 Å². The van der Waals surface area contributed by atoms with Crippen molar-refractivity contribution in [2.75, 3.05) is 13.9 Å². The number of hydrogen-bond acceptors (Lipinski definition) is 2. The summed E-state index contributed by atoms with van der Waals surface area (Å²) in [6.07, 6.45) is 6.61. The molecule has 17 heavy (non-hydrogen) atoms. The molecule has 0 aromatic heterocycles. The van der Waals surface area contributed by atoms with E-state index in [9.17, 15) is 0 Å². The molecule has 0 atom stereocenters. The summed E-state index contributed by atoms with van der Waals surface area (Å²) in [5.41, 5.74) is 3.51. The SMILES string of the molecule is COCOc1cc(Br)c2c(c1)CCC21CCC1. The van der Waals surface area contributed by atoms with Crippen LogP contribution in [0.25, 0.3) is 0 Å². The van der Waals surface area contributed by atoms with E-state index in [0.717, 1.165) is 5.75 Å². The number of benzene rings is 1. The Hall–Kier alpha value is -0.540. The highest BCUT2D eigenvalue weighted by molar-refractivity contribution is 9.10. The minimum absolute atomic E-state index is 0.316. The molecule has 2 aliphatic carbocycles. The highest BCUT2D eigenvalue weighted by atomic mass is 79.9. The van der Waals surface area contributed by atoms with Gasteiger partial charge in [0.1, 0.15) is 5.75 Å². The van der Waals surface area contributed by atoms with Crippen molar-refractivity contribution in [3.63, 3.8) is 0 Å². The van der Waals surface area contributed by atoms with Gasteiger partial charge in [-0.1, -0.05) is 22.4 Å². The number of rotatable bonds is 3. The van der Waals surface area contributed by atoms with Crippen molar-refractivity contribution in [2.24, 2.45) is 0 Å². The lowest BCUT2D eigenvalue weighted by atomic mass is 9.65. The summed E-state index contributed by atoms with van der Waals surface area (Å²) >= 11 is 3.72. The van der Waals surface area contributed by atoms with Crippen LogP contribution in [-0.4, -0.2) is 13.9 Å². The second-order valence-corrected chi connectivity index (χ2v) is 5.98. The average Bonchev–Trinajstić information content (AvgIpc) is 2.66. The van der Waals surface area contributed by atoms with E-state index in [1.54, 1.807) is 12.7 Å². The number of methoxy groups -OCH3 is 1. The molecule has 0 unspecified atom stereocenters. The van der Waals surface area contributed by atoms with Crippen LogP contribution in [0.4, 0.5) is 0 Å². The van der Waals surface area contributed by atoms with E-state index in [1.165, 1.54) is 42.1 Å². The van der Waals surface area contributed by atoms with E-state index >= 15 is 0 Å². The minimum Gasteiger partial charge on any atom is -0.468 e. The van der Waals surface area contributed by atoms with Gasteiger partial charge in [-0.2, -0.15) is 0 Å². The van der Waals surface area contributed by atoms with E-state index in [0.29, 0.717) is 12.2 Å². The molecule has 1 spiro atoms. The lowest BCUT2D eigenvalue weighted by Crippen LogP contribution is -2.31. The molecule has 0 N–H and O–H groups in total. The monoisotopic (exact) mass is 296 g/mol. The van der Waals surface area contributed by atoms with Crippen molar-refractivity contribution in [1.82, 2.24) is 0 Å². The Morgan fingerprint density at radius 2 is 2.12 bits per heavy atom. The van der Waals surface area contributed by atoms with Crippen LogP contribution in [0.5, 0.6) is 5.75 Å². The molecule has 0 radical (unpaired) electrons. The van der Waals surface area contributed by atoms with E-state index in [1.807, 2.05) is 0 Å². The third kappa shape index (κ3) is 1.80. The summed E-state index contributed by atoms with van der Waals surface area (Å²) in [7, 11) is 1.64. The molecular weight excluding hydrogens is 280 g/mol. The van der Waals surface area contributed by atoms with Gasteiger partial charge in [-0.25, -0.2) is 0 Å². The van der Waals surface area contributed by atoms with Crippen LogP contribution in [-0.2, 0) is 16.6 Å². The fraction of sp³-hybridized carbons (Fsp3) is 0.571. The average molecular weight is 297 g/mol. The van der Waals surface area contributed by atoms with Gasteiger partial charge in [0.05, 0.1) is 0 Å². The first kappa shape index (κ1) is 11.5. The summed E-state index contributed by atoms with van der Waals surface area (Å²) in [6, 6.07) is 4.27. The first-order valence-electron chi connectivity index (χ1n) is 6.20. The van der Waals surface area contributed by atoms with Crippen LogP contribution in [0.3, 0.4) is 0 Å². The van der Waals surface area contributed by atoms with Crippen molar-refractivity contribution >= 4 is 15.9 Å². The number of fused-ring (bicyclic) bond motifs is 2. The van der Waals surface area contributed by atoms with Crippen LogP contribution >= 0.6 is 15.9 Å². The molecule has 3 heteroatoms. The third-order valence-electron chi connectivity index (χ3n) is 4.20. The van der Waals surface area contributed by atoms with Gasteiger partial charge in [0.15, 0.2) is 6.79 Å². The molecule has 1 aromatic carbocycles. The Bertz CT molecular complexity index is 438. The lowest BCUT2D eigenvalue weighted by Gasteiger charge is -2.40. The summed E-state index contributed by atoms with van der Waals surface area (Å²) in [5.74, 6) is 0.911. The highest BCUT2D eigenvalue weighted by Crippen LogP contribution is 2.55. The smallest absolute Gasteiger partial charge is 0.188 e. The summed E-state index contributed by atoms with van der Waals surface area (Å²) in [5, 5.41) is 0. The van der Waals surface area contributed by atoms with Crippen molar-refractivity contribution in [1.29, 1.82) is 0 Å². The number of aryl methyl sites for hydroxylation is 1. The van der Waals surface area contributed by atoms with Crippen LogP contribution in [0.1, 0.15) is 36.8 Å². The second kappa shape index (κ2) is 4.29. The van der Waals surface area contributed by atoms with Crippen LogP contribution in [0, 0.1) is 0 Å². The van der Waals surface area contributed by atoms with Crippen molar-refractivity contribution in [2.45, 2.75) is 37.5 Å². The summed E-state index contributed by atoms with van der Waals surface area (Å²) in [6.45, 7) is 0.316. The molecule has 0 amide bonds. The first-order valence-corrected chi connectivity index (χ1v) is 6.99. The molecule has 92 valence electrons. The molecule has 3 rings (SSSR count). The molecule has 2 aliphatic rings. The molecule has 1 saturated carbocycles. The summed E-state index contributed by atoms with van der Waals surface area (Å²) < 4.78 is 11.7. The Labute approximate surface area is 110 Å². The van der Waals surface area contributed by atoms with E-state index in [4.69, 9.17) is 9.47 Å². The van der Waals surface area contributed by atoms with Gasteiger partial charge in [-0.05, 0) is 54.4 Å². The maximum atomic E-state index is 5.53.